The second-order valence-electron chi connectivity index (χ2n) is 1.36. The molecule has 0 aliphatic rings. The van der Waals surface area contributed by atoms with E-state index in [0.717, 1.165) is 0 Å². The Morgan fingerprint density at radius 2 is 2.20 bits per heavy atom. The number of halogens is 1. The molecule has 1 rings (SSSR count). The predicted molar refractivity (Wildman–Crippen MR) is 33.5 cm³/mol. The summed E-state index contributed by atoms with van der Waals surface area (Å²) >= 11 is 0. The zero-order valence-corrected chi connectivity index (χ0v) is 9.37. The van der Waals surface area contributed by atoms with Crippen molar-refractivity contribution in [2.24, 2.45) is 0 Å². The maximum Gasteiger partial charge on any atom is 2.00 e. The molecule has 0 aromatic carbocycles. The Morgan fingerprint density at radius 3 is 2.60 bits per heavy atom. The topological polar surface area (TPSA) is 64.0 Å². The van der Waals surface area contributed by atoms with Crippen LogP contribution in [0.2, 0.25) is 0 Å². The second-order valence-corrected chi connectivity index (χ2v) is 1.36. The quantitative estimate of drug-likeness (QED) is 0.586. The van der Waals surface area contributed by atoms with Crippen LogP contribution in [0.5, 0.6) is 0 Å². The van der Waals surface area contributed by atoms with Crippen molar-refractivity contribution in [2.75, 3.05) is 0 Å². The monoisotopic (exact) mass is 268 g/mol. The van der Waals surface area contributed by atoms with Gasteiger partial charge in [-0.2, -0.15) is 0 Å². The first kappa shape index (κ1) is 10.2. The van der Waals surface area contributed by atoms with Crippen LogP contribution in [0.15, 0.2) is 15.8 Å². The normalized spacial score (nSPS) is 8.50. The Morgan fingerprint density at radius 1 is 1.60 bits per heavy atom. The van der Waals surface area contributed by atoms with Gasteiger partial charge < -0.3 is 11.4 Å². The maximum atomic E-state index is 12.0. The largest absolute Gasteiger partial charge is 2.00 e. The molecule has 0 unspecified atom stereocenters. The fourth-order valence-corrected chi connectivity index (χ4v) is 0.365. The van der Waals surface area contributed by atoms with Crippen LogP contribution in [0, 0.1) is 5.82 Å². The molecule has 1 aromatic heterocycles. The minimum absolute atomic E-state index is 0. The van der Waals surface area contributed by atoms with E-state index in [4.69, 9.17) is 0 Å². The summed E-state index contributed by atoms with van der Waals surface area (Å²) in [5.41, 5.74) is -1.96. The number of nitrogens with zero attached hydrogens (tertiary/aromatic N) is 1. The summed E-state index contributed by atoms with van der Waals surface area (Å²) in [6.07, 6.45) is 0.678. The molecule has 1 aromatic rings. The zero-order chi connectivity index (χ0) is 6.85. The van der Waals surface area contributed by atoms with Gasteiger partial charge in [-0.1, -0.05) is 0 Å². The van der Waals surface area contributed by atoms with Gasteiger partial charge in [0.05, 0.1) is 0 Å². The van der Waals surface area contributed by atoms with Crippen LogP contribution < -0.4 is 16.2 Å². The van der Waals surface area contributed by atoms with E-state index in [2.05, 4.69) is 4.98 Å². The van der Waals surface area contributed by atoms with Gasteiger partial charge in [0.25, 0.3) is 0 Å². The number of hydrogen-bond donors (Lipinski definition) is 1. The van der Waals surface area contributed by atoms with Crippen molar-refractivity contribution >= 4 is 48.9 Å². The molecule has 0 amide bonds. The first-order chi connectivity index (χ1) is 4.20. The van der Waals surface area contributed by atoms with Gasteiger partial charge in [0.2, 0.25) is 5.56 Å². The molecule has 0 bridgehead atoms. The van der Waals surface area contributed by atoms with Crippen molar-refractivity contribution in [1.29, 1.82) is 0 Å². The van der Waals surface area contributed by atoms with E-state index in [9.17, 15) is 14.0 Å². The van der Waals surface area contributed by atoms with E-state index in [1.165, 1.54) is 0 Å². The second kappa shape index (κ2) is 4.14. The summed E-state index contributed by atoms with van der Waals surface area (Å²) in [7, 11) is 0. The van der Waals surface area contributed by atoms with Crippen LogP contribution in [0.25, 0.3) is 0 Å². The smallest absolute Gasteiger partial charge is 1.00 e. The van der Waals surface area contributed by atoms with Crippen LogP contribution in [-0.2, 0) is 0 Å². The van der Waals surface area contributed by atoms with Crippen molar-refractivity contribution in [2.45, 2.75) is 0 Å². The third kappa shape index (κ3) is 2.43. The van der Waals surface area contributed by atoms with Crippen LogP contribution in [0.1, 0.15) is 1.43 Å². The predicted octanol–water partition coefficient (Wildman–Crippen LogP) is -1.44. The van der Waals surface area contributed by atoms with Crippen LogP contribution >= 0.6 is 0 Å². The summed E-state index contributed by atoms with van der Waals surface area (Å²) < 4.78 is 12.0. The Balaban J connectivity index is 0. The average molecular weight is 267 g/mol. The molecular formula is C4H3BaFN2O2. The first-order valence-corrected chi connectivity index (χ1v) is 2.12. The summed E-state index contributed by atoms with van der Waals surface area (Å²) in [5, 5.41) is 0. The molecule has 4 nitrogen and oxygen atoms in total. The average Bonchev–Trinajstić information content (AvgIpc) is 1.80. The number of hydrogen-bond acceptors (Lipinski definition) is 2. The molecule has 0 saturated carbocycles. The Labute approximate surface area is 96.4 Å². The molecule has 0 atom stereocenters. The zero-order valence-electron chi connectivity index (χ0n) is 5.93. The van der Waals surface area contributed by atoms with E-state index in [-0.39, 0.29) is 50.3 Å². The van der Waals surface area contributed by atoms with Gasteiger partial charge in [-0.25, -0.2) is 4.39 Å². The van der Waals surface area contributed by atoms with Crippen molar-refractivity contribution in [3.05, 3.63) is 32.9 Å². The van der Waals surface area contributed by atoms with Gasteiger partial charge in [0, 0.05) is 0 Å². The maximum absolute atomic E-state index is 12.0. The molecule has 6 heteroatoms. The number of nitrogens with one attached hydrogen (secondary N) is 1. The molecule has 0 radical (unpaired) electrons. The third-order valence-electron chi connectivity index (χ3n) is 0.730. The van der Waals surface area contributed by atoms with Gasteiger partial charge >= 0.3 is 48.9 Å². The molecule has 0 aliphatic heterocycles. The van der Waals surface area contributed by atoms with Crippen molar-refractivity contribution in [3.63, 3.8) is 0 Å². The van der Waals surface area contributed by atoms with E-state index in [1.54, 1.807) is 0 Å². The molecule has 1 N–H and O–H groups in total. The number of aromatic nitrogens is 2. The SMILES string of the molecule is O=c1[n-]c(=O)c(F)c[nH]1.[Ba+2].[H-]. The number of rotatable bonds is 0. The summed E-state index contributed by atoms with van der Waals surface area (Å²) in [6, 6.07) is 0. The minimum atomic E-state index is -1.13. The van der Waals surface area contributed by atoms with E-state index in [1.807, 2.05) is 4.98 Å². The number of H-pyrrole nitrogens is 1. The Bertz CT molecular complexity index is 322. The minimum Gasteiger partial charge on any atom is -1.00 e. The van der Waals surface area contributed by atoms with Gasteiger partial charge in [0.1, 0.15) is 0 Å². The van der Waals surface area contributed by atoms with E-state index in [0.29, 0.717) is 6.20 Å². The fourth-order valence-electron chi connectivity index (χ4n) is 0.365. The molecule has 0 fully saturated rings. The molecule has 1 heterocycles. The molecular weight excluding hydrogens is 264 g/mol. The summed E-state index contributed by atoms with van der Waals surface area (Å²) in [6.45, 7) is 0. The molecule has 0 saturated heterocycles. The Hall–Kier alpha value is 0.181. The van der Waals surface area contributed by atoms with E-state index < -0.39 is 17.1 Å². The Kier molecular flexibility index (Phi) is 4.22. The molecule has 10 heavy (non-hydrogen) atoms. The van der Waals surface area contributed by atoms with Gasteiger partial charge in [0.15, 0.2) is 11.5 Å². The van der Waals surface area contributed by atoms with Crippen molar-refractivity contribution in [3.8, 4) is 0 Å². The summed E-state index contributed by atoms with van der Waals surface area (Å²) in [5.74, 6) is -1.05. The number of aromatic amines is 1. The third-order valence-corrected chi connectivity index (χ3v) is 0.730. The standard InChI is InChI=1S/C4H3FN2O2.Ba.H/c5-2-1-6-4(9)7-3(2)8;;/h1H,(H2,6,7,8,9);;/q;+2;-1/p-1. The van der Waals surface area contributed by atoms with Gasteiger partial charge in [-0.3, -0.25) is 9.59 Å². The summed E-state index contributed by atoms with van der Waals surface area (Å²) in [4.78, 5) is 24.9. The van der Waals surface area contributed by atoms with Crippen LogP contribution in [-0.4, -0.2) is 53.9 Å². The fraction of sp³-hybridized carbons (Fsp3) is 0. The van der Waals surface area contributed by atoms with E-state index >= 15 is 0 Å². The van der Waals surface area contributed by atoms with Crippen molar-refractivity contribution < 1.29 is 5.82 Å². The van der Waals surface area contributed by atoms with Crippen molar-refractivity contribution in [1.82, 2.24) is 9.97 Å². The molecule has 50 valence electrons. The van der Waals surface area contributed by atoms with Crippen LogP contribution in [0.3, 0.4) is 0 Å². The van der Waals surface area contributed by atoms with Gasteiger partial charge in [-0.05, 0) is 6.20 Å². The molecule has 0 aliphatic carbocycles. The van der Waals surface area contributed by atoms with Gasteiger partial charge in [-0.15, -0.1) is 0 Å². The molecule has 0 spiro atoms. The van der Waals surface area contributed by atoms with Crippen LogP contribution in [0.4, 0.5) is 4.39 Å². The first-order valence-electron chi connectivity index (χ1n) is 2.12.